The van der Waals surface area contributed by atoms with Gasteiger partial charge in [0.15, 0.2) is 0 Å². The van der Waals surface area contributed by atoms with Crippen LogP contribution in [0.15, 0.2) is 0 Å². The highest BCUT2D eigenvalue weighted by Crippen LogP contribution is 2.22. The van der Waals surface area contributed by atoms with Crippen molar-refractivity contribution in [1.82, 2.24) is 14.9 Å². The van der Waals surface area contributed by atoms with Crippen molar-refractivity contribution in [3.05, 3.63) is 0 Å². The van der Waals surface area contributed by atoms with Crippen LogP contribution in [-0.4, -0.2) is 86.4 Å². The molecule has 24 heavy (non-hydrogen) atoms. The van der Waals surface area contributed by atoms with Gasteiger partial charge in [0.25, 0.3) is 0 Å². The third kappa shape index (κ3) is 6.31. The lowest BCUT2D eigenvalue weighted by atomic mass is 9.93. The number of amides is 1. The Bertz CT molecular complexity index is 376. The van der Waals surface area contributed by atoms with E-state index in [-0.39, 0.29) is 5.91 Å². The second-order valence-corrected chi connectivity index (χ2v) is 7.41. The summed E-state index contributed by atoms with van der Waals surface area (Å²) in [6.45, 7) is 10.7. The summed E-state index contributed by atoms with van der Waals surface area (Å²) >= 11 is 0. The highest BCUT2D eigenvalue weighted by atomic mass is 16.7. The molecule has 0 aliphatic carbocycles. The van der Waals surface area contributed by atoms with Gasteiger partial charge in [-0.3, -0.25) is 14.5 Å². The highest BCUT2D eigenvalue weighted by Gasteiger charge is 2.24. The van der Waals surface area contributed by atoms with Crippen molar-refractivity contribution in [2.75, 3.05) is 53.4 Å². The van der Waals surface area contributed by atoms with Gasteiger partial charge in [-0.25, -0.2) is 5.06 Å². The van der Waals surface area contributed by atoms with Crippen LogP contribution in [0.1, 0.15) is 39.5 Å². The van der Waals surface area contributed by atoms with Crippen molar-refractivity contribution >= 4 is 5.91 Å². The van der Waals surface area contributed by atoms with Gasteiger partial charge >= 0.3 is 0 Å². The molecule has 2 saturated heterocycles. The summed E-state index contributed by atoms with van der Waals surface area (Å²) in [5.41, 5.74) is 0. The number of hydrogen-bond acceptors (Lipinski definition) is 5. The fourth-order valence-corrected chi connectivity index (χ4v) is 3.84. The molecule has 6 nitrogen and oxygen atoms in total. The zero-order chi connectivity index (χ0) is 17.5. The number of carbonyl (C=O) groups is 1. The Labute approximate surface area is 147 Å². The molecule has 1 amide bonds. The first kappa shape index (κ1) is 19.6. The van der Waals surface area contributed by atoms with Crippen LogP contribution in [0.2, 0.25) is 0 Å². The van der Waals surface area contributed by atoms with Crippen LogP contribution in [0, 0.1) is 5.92 Å². The van der Waals surface area contributed by atoms with E-state index < -0.39 is 0 Å². The van der Waals surface area contributed by atoms with Gasteiger partial charge < -0.3 is 9.64 Å². The lowest BCUT2D eigenvalue weighted by Crippen LogP contribution is -2.46. The number of piperidine rings is 1. The summed E-state index contributed by atoms with van der Waals surface area (Å²) in [5.74, 6) is 0.877. The van der Waals surface area contributed by atoms with Gasteiger partial charge in [0, 0.05) is 33.1 Å². The molecular formula is C18H35N3O3. The van der Waals surface area contributed by atoms with E-state index in [9.17, 15) is 4.79 Å². The zero-order valence-electron chi connectivity index (χ0n) is 15.9. The number of hydroxylamine groups is 2. The second-order valence-electron chi connectivity index (χ2n) is 7.41. The smallest absolute Gasteiger partial charge is 0.247 e. The molecule has 2 fully saturated rings. The first-order chi connectivity index (χ1) is 11.5. The number of rotatable bonds is 7. The number of ether oxygens (including phenoxy) is 1. The van der Waals surface area contributed by atoms with E-state index in [1.165, 1.54) is 38.0 Å². The topological polar surface area (TPSA) is 45.2 Å². The summed E-state index contributed by atoms with van der Waals surface area (Å²) in [6.07, 6.45) is 5.06. The predicted molar refractivity (Wildman–Crippen MR) is 94.6 cm³/mol. The molecule has 0 aromatic heterocycles. The molecule has 6 heteroatoms. The summed E-state index contributed by atoms with van der Waals surface area (Å²) in [5, 5.41) is 1.32. The van der Waals surface area contributed by atoms with Gasteiger partial charge in [0.1, 0.15) is 0 Å². The van der Waals surface area contributed by atoms with Crippen LogP contribution in [0.25, 0.3) is 0 Å². The largest absolute Gasteiger partial charge is 0.373 e. The van der Waals surface area contributed by atoms with E-state index in [0.29, 0.717) is 18.6 Å². The lowest BCUT2D eigenvalue weighted by Gasteiger charge is -2.37. The van der Waals surface area contributed by atoms with Crippen molar-refractivity contribution < 1.29 is 14.4 Å². The normalized spacial score (nSPS) is 27.3. The number of hydrogen-bond donors (Lipinski definition) is 0. The Kier molecular flexibility index (Phi) is 7.94. The van der Waals surface area contributed by atoms with E-state index in [1.807, 2.05) is 0 Å². The van der Waals surface area contributed by atoms with E-state index in [2.05, 4.69) is 23.6 Å². The first-order valence-electron chi connectivity index (χ1n) is 9.38. The molecular weight excluding hydrogens is 306 g/mol. The average molecular weight is 341 g/mol. The highest BCUT2D eigenvalue weighted by molar-refractivity contribution is 5.74. The van der Waals surface area contributed by atoms with Gasteiger partial charge in [-0.05, 0) is 58.7 Å². The minimum atomic E-state index is 0.0511. The second kappa shape index (κ2) is 9.70. The minimum absolute atomic E-state index is 0.0511. The molecule has 0 aromatic carbocycles. The average Bonchev–Trinajstić information content (AvgIpc) is 2.57. The maximum absolute atomic E-state index is 11.8. The molecule has 2 aliphatic rings. The number of nitrogens with zero attached hydrogens (tertiary/aromatic N) is 3. The Hall–Kier alpha value is -0.690. The summed E-state index contributed by atoms with van der Waals surface area (Å²) in [4.78, 5) is 21.7. The molecule has 0 unspecified atom stereocenters. The molecule has 140 valence electrons. The van der Waals surface area contributed by atoms with Crippen molar-refractivity contribution in [1.29, 1.82) is 0 Å². The monoisotopic (exact) mass is 341 g/mol. The molecule has 0 bridgehead atoms. The SMILES string of the molecule is CON(C)C(=O)CCN1CCC(CCN2C[C@@H](C)O[C@@H](C)C2)CC1. The fraction of sp³-hybridized carbons (Fsp3) is 0.944. The Morgan fingerprint density at radius 3 is 2.33 bits per heavy atom. The predicted octanol–water partition coefficient (Wildman–Crippen LogP) is 1.61. The van der Waals surface area contributed by atoms with Crippen LogP contribution in [0.5, 0.6) is 0 Å². The van der Waals surface area contributed by atoms with E-state index >= 15 is 0 Å². The maximum Gasteiger partial charge on any atom is 0.247 e. The Morgan fingerprint density at radius 1 is 1.12 bits per heavy atom. The van der Waals surface area contributed by atoms with E-state index in [1.54, 1.807) is 7.05 Å². The van der Waals surface area contributed by atoms with Crippen LogP contribution in [0.4, 0.5) is 0 Å². The standard InChI is InChI=1S/C18H35N3O3/c1-15-13-21(14-16(2)24-15)11-7-17-5-9-20(10-6-17)12-8-18(22)19(3)23-4/h15-17H,5-14H2,1-4H3/t15-,16+. The van der Waals surface area contributed by atoms with E-state index in [0.717, 1.165) is 38.6 Å². The van der Waals surface area contributed by atoms with Crippen LogP contribution in [-0.2, 0) is 14.4 Å². The maximum atomic E-state index is 11.8. The molecule has 0 saturated carbocycles. The van der Waals surface area contributed by atoms with E-state index in [4.69, 9.17) is 9.57 Å². The summed E-state index contributed by atoms with van der Waals surface area (Å²) in [7, 11) is 3.20. The quantitative estimate of drug-likeness (QED) is 0.658. The van der Waals surface area contributed by atoms with Gasteiger partial charge in [0.2, 0.25) is 5.91 Å². The molecule has 0 radical (unpaired) electrons. The molecule has 2 heterocycles. The fourth-order valence-electron chi connectivity index (χ4n) is 3.84. The molecule has 0 spiro atoms. The molecule has 0 aromatic rings. The third-order valence-corrected chi connectivity index (χ3v) is 5.32. The molecule has 0 N–H and O–H groups in total. The molecule has 2 atom stereocenters. The van der Waals surface area contributed by atoms with Crippen molar-refractivity contribution in [3.63, 3.8) is 0 Å². The Morgan fingerprint density at radius 2 is 1.75 bits per heavy atom. The van der Waals surface area contributed by atoms with Gasteiger partial charge in [-0.15, -0.1) is 0 Å². The zero-order valence-corrected chi connectivity index (χ0v) is 15.9. The van der Waals surface area contributed by atoms with Gasteiger partial charge in [-0.1, -0.05) is 0 Å². The number of morpholine rings is 1. The first-order valence-corrected chi connectivity index (χ1v) is 9.38. The van der Waals surface area contributed by atoms with Crippen molar-refractivity contribution in [3.8, 4) is 0 Å². The summed E-state index contributed by atoms with van der Waals surface area (Å²) in [6, 6.07) is 0. The Balaban J connectivity index is 1.60. The minimum Gasteiger partial charge on any atom is -0.373 e. The van der Waals surface area contributed by atoms with Crippen molar-refractivity contribution in [2.45, 2.75) is 51.7 Å². The van der Waals surface area contributed by atoms with Gasteiger partial charge in [0.05, 0.1) is 19.3 Å². The molecule has 2 aliphatic heterocycles. The third-order valence-electron chi connectivity index (χ3n) is 5.32. The van der Waals surface area contributed by atoms with Crippen molar-refractivity contribution in [2.24, 2.45) is 5.92 Å². The molecule has 2 rings (SSSR count). The summed E-state index contributed by atoms with van der Waals surface area (Å²) < 4.78 is 5.81. The number of likely N-dealkylation sites (tertiary alicyclic amines) is 1. The van der Waals surface area contributed by atoms with Crippen LogP contribution in [0.3, 0.4) is 0 Å². The van der Waals surface area contributed by atoms with Gasteiger partial charge in [-0.2, -0.15) is 0 Å². The van der Waals surface area contributed by atoms with Crippen LogP contribution >= 0.6 is 0 Å². The van der Waals surface area contributed by atoms with Crippen LogP contribution < -0.4 is 0 Å². The lowest BCUT2D eigenvalue weighted by molar-refractivity contribution is -0.169. The number of carbonyl (C=O) groups excluding carboxylic acids is 1.